The van der Waals surface area contributed by atoms with Crippen molar-refractivity contribution in [3.8, 4) is 0 Å². The van der Waals surface area contributed by atoms with E-state index in [4.69, 9.17) is 31.1 Å². The summed E-state index contributed by atoms with van der Waals surface area (Å²) in [5.74, 6) is -0.00181. The molecule has 10 nitrogen and oxygen atoms in total. The van der Waals surface area contributed by atoms with Crippen LogP contribution in [-0.2, 0) is 26.9 Å². The molecule has 1 unspecified atom stereocenters. The second-order valence-electron chi connectivity index (χ2n) is 7.81. The standard InChI is InChI=1S/C24H24ClFN5O5PS/c25-18-3-1-2-16(12-18)13-36-37(35-10-11-38-23(33)17-4-6-19(26)7-5-17)15-34-9-8-31-14-28-20-21(31)29-24(27)30-22(20)32/h1-7,12,14H,8-11,13,15H2,(H3,27,29,30,32). The Morgan fingerprint density at radius 3 is 2.79 bits per heavy atom. The fourth-order valence-corrected chi connectivity index (χ4v) is 5.35. The van der Waals surface area contributed by atoms with E-state index >= 15 is 0 Å². The molecule has 0 bridgehead atoms. The van der Waals surface area contributed by atoms with Crippen molar-refractivity contribution in [1.29, 1.82) is 0 Å². The number of halogens is 2. The van der Waals surface area contributed by atoms with Crippen molar-refractivity contribution in [3.63, 3.8) is 0 Å². The third kappa shape index (κ3) is 8.07. The van der Waals surface area contributed by atoms with Crippen LogP contribution in [0.3, 0.4) is 0 Å². The molecule has 0 spiro atoms. The number of thioether (sulfide) groups is 1. The highest BCUT2D eigenvalue weighted by molar-refractivity contribution is 8.14. The average Bonchev–Trinajstić information content (AvgIpc) is 3.30. The van der Waals surface area contributed by atoms with Crippen LogP contribution in [0.1, 0.15) is 15.9 Å². The number of aromatic nitrogens is 4. The Morgan fingerprint density at radius 1 is 1.18 bits per heavy atom. The number of rotatable bonds is 13. The van der Waals surface area contributed by atoms with Crippen molar-refractivity contribution in [2.45, 2.75) is 13.2 Å². The Kier molecular flexibility index (Phi) is 10.2. The van der Waals surface area contributed by atoms with Crippen LogP contribution in [0, 0.1) is 5.82 Å². The lowest BCUT2D eigenvalue weighted by Gasteiger charge is -2.18. The van der Waals surface area contributed by atoms with Crippen LogP contribution in [0.2, 0.25) is 5.02 Å². The van der Waals surface area contributed by atoms with Gasteiger partial charge in [0.15, 0.2) is 19.5 Å². The number of H-pyrrole nitrogens is 1. The molecule has 2 heterocycles. The number of nitrogen functional groups attached to an aromatic ring is 1. The predicted molar refractivity (Wildman–Crippen MR) is 146 cm³/mol. The maximum absolute atomic E-state index is 13.1. The van der Waals surface area contributed by atoms with Crippen molar-refractivity contribution in [2.75, 3.05) is 31.0 Å². The lowest BCUT2D eigenvalue weighted by Crippen LogP contribution is -2.13. The number of ether oxygens (including phenoxy) is 1. The van der Waals surface area contributed by atoms with E-state index in [2.05, 4.69) is 15.0 Å². The van der Waals surface area contributed by atoms with Crippen molar-refractivity contribution in [1.82, 2.24) is 19.5 Å². The van der Waals surface area contributed by atoms with Gasteiger partial charge in [-0.15, -0.1) is 0 Å². The number of aromatic amines is 1. The molecule has 38 heavy (non-hydrogen) atoms. The minimum atomic E-state index is -1.45. The first kappa shape index (κ1) is 28.2. The summed E-state index contributed by atoms with van der Waals surface area (Å²) in [6.07, 6.45) is 1.68. The quantitative estimate of drug-likeness (QED) is 0.172. The molecule has 0 saturated heterocycles. The van der Waals surface area contributed by atoms with Crippen LogP contribution in [0.5, 0.6) is 0 Å². The largest absolute Gasteiger partial charge is 0.370 e. The summed E-state index contributed by atoms with van der Waals surface area (Å²) in [6.45, 7) is 1.18. The van der Waals surface area contributed by atoms with Gasteiger partial charge in [-0.05, 0) is 42.0 Å². The minimum absolute atomic E-state index is 0.00674. The number of nitrogens with one attached hydrogen (secondary N) is 1. The Bertz CT molecular complexity index is 1440. The van der Waals surface area contributed by atoms with E-state index < -0.39 is 19.8 Å². The zero-order valence-electron chi connectivity index (χ0n) is 20.0. The van der Waals surface area contributed by atoms with Crippen LogP contribution in [0.4, 0.5) is 10.3 Å². The van der Waals surface area contributed by atoms with E-state index in [1.54, 1.807) is 16.7 Å². The highest BCUT2D eigenvalue weighted by Gasteiger charge is 2.14. The Morgan fingerprint density at radius 2 is 2.00 bits per heavy atom. The normalized spacial score (nSPS) is 12.2. The topological polar surface area (TPSA) is 134 Å². The zero-order valence-corrected chi connectivity index (χ0v) is 22.5. The molecular formula is C24H24ClFN5O5PS. The van der Waals surface area contributed by atoms with Gasteiger partial charge >= 0.3 is 0 Å². The lowest BCUT2D eigenvalue weighted by atomic mass is 10.2. The molecule has 200 valence electrons. The van der Waals surface area contributed by atoms with Crippen molar-refractivity contribution in [2.24, 2.45) is 0 Å². The molecular weight excluding hydrogens is 556 g/mol. The number of carbonyl (C=O) groups excluding carboxylic acids is 1. The number of hydrogen-bond donors (Lipinski definition) is 2. The highest BCUT2D eigenvalue weighted by Crippen LogP contribution is 2.39. The number of fused-ring (bicyclic) bond motifs is 1. The third-order valence-electron chi connectivity index (χ3n) is 5.06. The molecule has 0 saturated carbocycles. The van der Waals surface area contributed by atoms with E-state index in [-0.39, 0.29) is 42.7 Å². The van der Waals surface area contributed by atoms with E-state index in [1.807, 2.05) is 12.1 Å². The van der Waals surface area contributed by atoms with Gasteiger partial charge in [0.2, 0.25) is 11.1 Å². The van der Waals surface area contributed by atoms with Crippen molar-refractivity contribution in [3.05, 3.63) is 87.2 Å². The second-order valence-corrected chi connectivity index (χ2v) is 10.8. The van der Waals surface area contributed by atoms with E-state index in [9.17, 15) is 14.0 Å². The Hall–Kier alpha value is -2.86. The van der Waals surface area contributed by atoms with Gasteiger partial charge in [0.25, 0.3) is 5.56 Å². The van der Waals surface area contributed by atoms with Gasteiger partial charge < -0.3 is 24.1 Å². The summed E-state index contributed by atoms with van der Waals surface area (Å²) in [6, 6.07) is 12.7. The Labute approximate surface area is 227 Å². The number of anilines is 1. The van der Waals surface area contributed by atoms with E-state index in [1.165, 1.54) is 30.6 Å². The van der Waals surface area contributed by atoms with Gasteiger partial charge in [0.1, 0.15) is 12.2 Å². The van der Waals surface area contributed by atoms with E-state index in [0.29, 0.717) is 28.5 Å². The van der Waals surface area contributed by atoms with Gasteiger partial charge in [-0.3, -0.25) is 14.6 Å². The van der Waals surface area contributed by atoms with Crippen molar-refractivity contribution < 1.29 is 23.0 Å². The smallest absolute Gasteiger partial charge is 0.280 e. The van der Waals surface area contributed by atoms with Gasteiger partial charge in [-0.1, -0.05) is 35.5 Å². The summed E-state index contributed by atoms with van der Waals surface area (Å²) in [5, 5.41) is 0.429. The molecule has 2 aromatic heterocycles. The van der Waals surface area contributed by atoms with Gasteiger partial charge in [0.05, 0.1) is 26.1 Å². The minimum Gasteiger partial charge on any atom is -0.370 e. The Balaban J connectivity index is 1.28. The van der Waals surface area contributed by atoms with Gasteiger partial charge in [0, 0.05) is 22.9 Å². The predicted octanol–water partition coefficient (Wildman–Crippen LogP) is 4.59. The highest BCUT2D eigenvalue weighted by atomic mass is 35.5. The molecule has 0 aliphatic rings. The first-order valence-corrected chi connectivity index (χ1v) is 14.1. The fraction of sp³-hybridized carbons (Fsp3) is 0.250. The molecule has 0 amide bonds. The van der Waals surface area contributed by atoms with Crippen LogP contribution in [0.25, 0.3) is 11.2 Å². The second kappa shape index (κ2) is 13.8. The fourth-order valence-electron chi connectivity index (χ4n) is 3.26. The van der Waals surface area contributed by atoms with E-state index in [0.717, 1.165) is 17.3 Å². The maximum Gasteiger partial charge on any atom is 0.280 e. The van der Waals surface area contributed by atoms with Crippen LogP contribution < -0.4 is 11.3 Å². The summed E-state index contributed by atoms with van der Waals surface area (Å²) in [5.41, 5.74) is 7.10. The summed E-state index contributed by atoms with van der Waals surface area (Å²) in [4.78, 5) is 34.8. The van der Waals surface area contributed by atoms with Crippen molar-refractivity contribution >= 4 is 54.0 Å². The molecule has 0 radical (unpaired) electrons. The maximum atomic E-state index is 13.1. The monoisotopic (exact) mass is 579 g/mol. The number of imidazole rings is 1. The summed E-state index contributed by atoms with van der Waals surface area (Å²) in [7, 11) is -1.45. The molecule has 0 aliphatic carbocycles. The number of carbonyl (C=O) groups is 1. The summed E-state index contributed by atoms with van der Waals surface area (Å²) >= 11 is 7.14. The molecule has 0 fully saturated rings. The molecule has 2 aromatic carbocycles. The number of nitrogens with two attached hydrogens (primary N) is 1. The first-order valence-electron chi connectivity index (χ1n) is 11.4. The number of nitrogens with zero attached hydrogens (tertiary/aromatic N) is 3. The molecule has 4 rings (SSSR count). The molecule has 1 atom stereocenters. The van der Waals surface area contributed by atoms with Crippen LogP contribution in [-0.4, -0.2) is 49.9 Å². The SMILES string of the molecule is Nc1nc2c(ncn2CCOCP(OCCSC(=O)c2ccc(F)cc2)OCc2cccc(Cl)c2)c(=O)[nH]1. The number of benzene rings is 2. The lowest BCUT2D eigenvalue weighted by molar-refractivity contribution is 0.108. The van der Waals surface area contributed by atoms with Gasteiger partial charge in [-0.2, -0.15) is 4.98 Å². The van der Waals surface area contributed by atoms with Gasteiger partial charge in [-0.25, -0.2) is 9.37 Å². The first-order chi connectivity index (χ1) is 18.4. The average molecular weight is 580 g/mol. The van der Waals surface area contributed by atoms with Crippen LogP contribution in [0.15, 0.2) is 59.7 Å². The number of hydrogen-bond acceptors (Lipinski definition) is 9. The molecule has 0 aliphatic heterocycles. The molecule has 14 heteroatoms. The summed E-state index contributed by atoms with van der Waals surface area (Å²) < 4.78 is 32.4. The molecule has 3 N–H and O–H groups in total. The zero-order chi connectivity index (χ0) is 26.9. The third-order valence-corrected chi connectivity index (χ3v) is 7.45. The van der Waals surface area contributed by atoms with Crippen LogP contribution >= 0.6 is 31.7 Å². The molecule has 4 aromatic rings.